The number of aromatic hydroxyl groups is 1. The lowest BCUT2D eigenvalue weighted by atomic mass is 10.0. The smallest absolute Gasteiger partial charge is 0.303 e. The molecule has 1 rings (SSSR count). The summed E-state index contributed by atoms with van der Waals surface area (Å²) in [7, 11) is 2.90. The van der Waals surface area contributed by atoms with E-state index in [1.54, 1.807) is 0 Å². The highest BCUT2D eigenvalue weighted by atomic mass is 16.5. The van der Waals surface area contributed by atoms with Crippen LogP contribution in [0.25, 0.3) is 0 Å². The van der Waals surface area contributed by atoms with Crippen molar-refractivity contribution in [1.82, 2.24) is 0 Å². The number of carboxylic acid groups (broad SMARTS) is 1. The summed E-state index contributed by atoms with van der Waals surface area (Å²) < 4.78 is 10.1. The topological polar surface area (TPSA) is 102 Å². The molecule has 1 aromatic carbocycles. The zero-order valence-electron chi connectivity index (χ0n) is 10.3. The van der Waals surface area contributed by atoms with Crippen LogP contribution in [0.5, 0.6) is 17.2 Å². The summed E-state index contributed by atoms with van der Waals surface area (Å²) in [4.78, 5) is 10.5. The van der Waals surface area contributed by atoms with Crippen LogP contribution in [-0.4, -0.2) is 30.4 Å². The second kappa shape index (κ2) is 6.11. The van der Waals surface area contributed by atoms with E-state index in [0.29, 0.717) is 11.3 Å². The first-order valence-corrected chi connectivity index (χ1v) is 5.41. The van der Waals surface area contributed by atoms with Crippen molar-refractivity contribution in [2.75, 3.05) is 14.2 Å². The van der Waals surface area contributed by atoms with Gasteiger partial charge in [-0.3, -0.25) is 4.79 Å². The second-order valence-corrected chi connectivity index (χ2v) is 3.80. The van der Waals surface area contributed by atoms with Gasteiger partial charge in [0.2, 0.25) is 0 Å². The van der Waals surface area contributed by atoms with Gasteiger partial charge in [0.15, 0.2) is 11.5 Å². The molecule has 0 radical (unpaired) electrons. The summed E-state index contributed by atoms with van der Waals surface area (Å²) in [6.45, 7) is 0. The van der Waals surface area contributed by atoms with Crippen molar-refractivity contribution in [3.63, 3.8) is 0 Å². The van der Waals surface area contributed by atoms with Crippen LogP contribution in [0.15, 0.2) is 12.1 Å². The molecule has 6 nitrogen and oxygen atoms in total. The molecule has 0 saturated heterocycles. The van der Waals surface area contributed by atoms with E-state index in [0.717, 1.165) is 0 Å². The van der Waals surface area contributed by atoms with Crippen LogP contribution in [0.3, 0.4) is 0 Å². The molecule has 1 atom stereocenters. The number of hydrogen-bond donors (Lipinski definition) is 3. The van der Waals surface area contributed by atoms with Gasteiger partial charge >= 0.3 is 5.97 Å². The van der Waals surface area contributed by atoms with Crippen molar-refractivity contribution in [3.8, 4) is 17.2 Å². The molecule has 0 spiro atoms. The van der Waals surface area contributed by atoms with E-state index < -0.39 is 12.0 Å². The minimum absolute atomic E-state index is 0.0445. The SMILES string of the molecule is COc1cc(OC)c(C(N)CCC(=O)O)cc1O. The fraction of sp³-hybridized carbons (Fsp3) is 0.417. The maximum atomic E-state index is 10.5. The Labute approximate surface area is 105 Å². The zero-order chi connectivity index (χ0) is 13.7. The van der Waals surface area contributed by atoms with Crippen molar-refractivity contribution in [1.29, 1.82) is 0 Å². The number of hydrogen-bond acceptors (Lipinski definition) is 5. The first-order valence-electron chi connectivity index (χ1n) is 5.41. The van der Waals surface area contributed by atoms with Crippen LogP contribution >= 0.6 is 0 Å². The van der Waals surface area contributed by atoms with Gasteiger partial charge in [-0.25, -0.2) is 0 Å². The van der Waals surface area contributed by atoms with Crippen LogP contribution in [0.2, 0.25) is 0 Å². The molecule has 0 bridgehead atoms. The standard InChI is InChI=1S/C12H17NO5/c1-17-10-6-11(18-2)9(14)5-7(10)8(13)3-4-12(15)16/h5-6,8,14H,3-4,13H2,1-2H3,(H,15,16). The Hall–Kier alpha value is -1.95. The van der Waals surface area contributed by atoms with Crippen LogP contribution < -0.4 is 15.2 Å². The average molecular weight is 255 g/mol. The van der Waals surface area contributed by atoms with E-state index in [1.807, 2.05) is 0 Å². The van der Waals surface area contributed by atoms with Gasteiger partial charge in [-0.15, -0.1) is 0 Å². The van der Waals surface area contributed by atoms with Crippen molar-refractivity contribution in [3.05, 3.63) is 17.7 Å². The molecule has 0 aromatic heterocycles. The third-order valence-electron chi connectivity index (χ3n) is 2.60. The number of phenolic OH excluding ortho intramolecular Hbond substituents is 1. The fourth-order valence-electron chi connectivity index (χ4n) is 1.63. The number of benzene rings is 1. The number of carbonyl (C=O) groups is 1. The number of nitrogens with two attached hydrogens (primary N) is 1. The molecule has 18 heavy (non-hydrogen) atoms. The highest BCUT2D eigenvalue weighted by Crippen LogP contribution is 2.37. The number of ether oxygens (including phenoxy) is 2. The first kappa shape index (κ1) is 14.1. The van der Waals surface area contributed by atoms with E-state index >= 15 is 0 Å². The Balaban J connectivity index is 2.99. The third-order valence-corrected chi connectivity index (χ3v) is 2.60. The molecule has 6 heteroatoms. The maximum Gasteiger partial charge on any atom is 0.303 e. The van der Waals surface area contributed by atoms with Crippen molar-refractivity contribution < 1.29 is 24.5 Å². The molecule has 100 valence electrons. The molecular formula is C12H17NO5. The number of rotatable bonds is 6. The summed E-state index contributed by atoms with van der Waals surface area (Å²) in [6.07, 6.45) is 0.217. The van der Waals surface area contributed by atoms with Gasteiger partial charge in [-0.2, -0.15) is 0 Å². The number of phenols is 1. The monoisotopic (exact) mass is 255 g/mol. The van der Waals surface area contributed by atoms with E-state index in [9.17, 15) is 9.90 Å². The summed E-state index contributed by atoms with van der Waals surface area (Å²) >= 11 is 0. The largest absolute Gasteiger partial charge is 0.504 e. The molecular weight excluding hydrogens is 238 g/mol. The van der Waals surface area contributed by atoms with E-state index in [4.69, 9.17) is 20.3 Å². The van der Waals surface area contributed by atoms with Crippen LogP contribution in [-0.2, 0) is 4.79 Å². The molecule has 4 N–H and O–H groups in total. The number of methoxy groups -OCH3 is 2. The number of aliphatic carboxylic acids is 1. The maximum absolute atomic E-state index is 10.5. The van der Waals surface area contributed by atoms with Crippen molar-refractivity contribution >= 4 is 5.97 Å². The molecule has 0 aliphatic carbocycles. The Kier molecular flexibility index (Phi) is 4.79. The highest BCUT2D eigenvalue weighted by Gasteiger charge is 2.17. The van der Waals surface area contributed by atoms with Crippen molar-refractivity contribution in [2.45, 2.75) is 18.9 Å². The molecule has 0 aliphatic heterocycles. The Morgan fingerprint density at radius 1 is 1.33 bits per heavy atom. The molecule has 0 saturated carbocycles. The van der Waals surface area contributed by atoms with Gasteiger partial charge in [-0.05, 0) is 12.5 Å². The predicted molar refractivity (Wildman–Crippen MR) is 65.0 cm³/mol. The first-order chi connectivity index (χ1) is 8.49. The summed E-state index contributed by atoms with van der Waals surface area (Å²) in [6, 6.07) is 2.43. The predicted octanol–water partition coefficient (Wildman–Crippen LogP) is 1.27. The molecule has 0 fully saturated rings. The summed E-state index contributed by atoms with van der Waals surface area (Å²) in [5, 5.41) is 18.3. The average Bonchev–Trinajstić information content (AvgIpc) is 2.35. The van der Waals surface area contributed by atoms with Crippen LogP contribution in [0.4, 0.5) is 0 Å². The van der Waals surface area contributed by atoms with E-state index in [-0.39, 0.29) is 24.3 Å². The second-order valence-electron chi connectivity index (χ2n) is 3.80. The highest BCUT2D eigenvalue weighted by molar-refractivity contribution is 5.66. The van der Waals surface area contributed by atoms with Crippen LogP contribution in [0, 0.1) is 0 Å². The fourth-order valence-corrected chi connectivity index (χ4v) is 1.63. The minimum Gasteiger partial charge on any atom is -0.504 e. The normalized spacial score (nSPS) is 11.9. The molecule has 0 heterocycles. The van der Waals surface area contributed by atoms with Crippen molar-refractivity contribution in [2.24, 2.45) is 5.73 Å². The van der Waals surface area contributed by atoms with Gasteiger partial charge in [0.05, 0.1) is 14.2 Å². The molecule has 0 amide bonds. The molecule has 0 aliphatic rings. The lowest BCUT2D eigenvalue weighted by molar-refractivity contribution is -0.137. The van der Waals surface area contributed by atoms with Crippen LogP contribution in [0.1, 0.15) is 24.4 Å². The molecule has 1 aromatic rings. The summed E-state index contributed by atoms with van der Waals surface area (Å²) in [5.74, 6) is -0.232. The quantitative estimate of drug-likeness (QED) is 0.707. The number of carboxylic acids is 1. The molecule has 1 unspecified atom stereocenters. The van der Waals surface area contributed by atoms with Gasteiger partial charge in [0.25, 0.3) is 0 Å². The van der Waals surface area contributed by atoms with Gasteiger partial charge < -0.3 is 25.4 Å². The summed E-state index contributed by atoms with van der Waals surface area (Å²) in [5.41, 5.74) is 6.44. The van der Waals surface area contributed by atoms with E-state index in [2.05, 4.69) is 0 Å². The Morgan fingerprint density at radius 3 is 2.44 bits per heavy atom. The lowest BCUT2D eigenvalue weighted by Gasteiger charge is -2.16. The van der Waals surface area contributed by atoms with Gasteiger partial charge in [0.1, 0.15) is 5.75 Å². The van der Waals surface area contributed by atoms with Gasteiger partial charge in [-0.1, -0.05) is 0 Å². The zero-order valence-corrected chi connectivity index (χ0v) is 10.3. The van der Waals surface area contributed by atoms with E-state index in [1.165, 1.54) is 26.4 Å². The third kappa shape index (κ3) is 3.27. The lowest BCUT2D eigenvalue weighted by Crippen LogP contribution is -2.13. The van der Waals surface area contributed by atoms with Gasteiger partial charge in [0, 0.05) is 24.1 Å². The Bertz CT molecular complexity index is 433. The Morgan fingerprint density at radius 2 is 1.94 bits per heavy atom. The minimum atomic E-state index is -0.915.